The molecule has 5 nitrogen and oxygen atoms in total. The van der Waals surface area contributed by atoms with Gasteiger partial charge in [-0.3, -0.25) is 4.79 Å². The molecule has 0 saturated carbocycles. The standard InChI is InChI=1S/C23H27NO4/c1-3-21(28-20-13-12-16-8-5-6-9-17(16)15-20)22(25)24-19-11-7-10-18(14-19)23(26)27-4-2/h7,10-15,21H,3-6,8-9H2,1-2H3,(H,24,25)/t21-/m0/s1. The number of esters is 1. The zero-order valence-electron chi connectivity index (χ0n) is 16.5. The molecule has 2 aromatic carbocycles. The molecule has 148 valence electrons. The number of anilines is 1. The maximum Gasteiger partial charge on any atom is 0.338 e. The SMILES string of the molecule is CCOC(=O)c1cccc(NC(=O)[C@H](CC)Oc2ccc3c(c2)CCCC3)c1. The fourth-order valence-corrected chi connectivity index (χ4v) is 3.43. The van der Waals surface area contributed by atoms with Crippen molar-refractivity contribution >= 4 is 17.6 Å². The Labute approximate surface area is 166 Å². The number of benzene rings is 2. The van der Waals surface area contributed by atoms with Crippen molar-refractivity contribution in [2.45, 2.75) is 52.1 Å². The summed E-state index contributed by atoms with van der Waals surface area (Å²) in [6.07, 6.45) is 4.55. The van der Waals surface area contributed by atoms with Crippen LogP contribution in [0.4, 0.5) is 5.69 Å². The molecule has 2 aromatic rings. The average Bonchev–Trinajstić information content (AvgIpc) is 2.72. The molecule has 1 aliphatic rings. The van der Waals surface area contributed by atoms with Crippen LogP contribution >= 0.6 is 0 Å². The smallest absolute Gasteiger partial charge is 0.338 e. The number of nitrogens with one attached hydrogen (secondary N) is 1. The molecule has 0 heterocycles. The summed E-state index contributed by atoms with van der Waals surface area (Å²) >= 11 is 0. The number of hydrogen-bond acceptors (Lipinski definition) is 4. The van der Waals surface area contributed by atoms with Gasteiger partial charge in [-0.1, -0.05) is 19.1 Å². The van der Waals surface area contributed by atoms with E-state index in [9.17, 15) is 9.59 Å². The number of aryl methyl sites for hydroxylation is 2. The van der Waals surface area contributed by atoms with Crippen molar-refractivity contribution in [3.8, 4) is 5.75 Å². The van der Waals surface area contributed by atoms with Crippen LogP contribution in [0.1, 0.15) is 54.6 Å². The Balaban J connectivity index is 1.67. The van der Waals surface area contributed by atoms with E-state index in [1.165, 1.54) is 24.0 Å². The number of rotatable bonds is 7. The number of ether oxygens (including phenoxy) is 2. The van der Waals surface area contributed by atoms with Gasteiger partial charge in [-0.05, 0) is 80.5 Å². The van der Waals surface area contributed by atoms with Crippen LogP contribution in [0.3, 0.4) is 0 Å². The van der Waals surface area contributed by atoms with E-state index >= 15 is 0 Å². The van der Waals surface area contributed by atoms with Gasteiger partial charge in [0.2, 0.25) is 0 Å². The molecule has 0 fully saturated rings. The summed E-state index contributed by atoms with van der Waals surface area (Å²) < 4.78 is 11.0. The highest BCUT2D eigenvalue weighted by molar-refractivity contribution is 5.96. The first-order valence-corrected chi connectivity index (χ1v) is 9.97. The Hall–Kier alpha value is -2.82. The topological polar surface area (TPSA) is 64.6 Å². The Bertz CT molecular complexity index is 846. The highest BCUT2D eigenvalue weighted by Crippen LogP contribution is 2.26. The molecule has 0 unspecified atom stereocenters. The largest absolute Gasteiger partial charge is 0.481 e. The highest BCUT2D eigenvalue weighted by Gasteiger charge is 2.20. The molecule has 0 spiro atoms. The minimum atomic E-state index is -0.604. The summed E-state index contributed by atoms with van der Waals surface area (Å²) in [5.41, 5.74) is 3.65. The second-order valence-corrected chi connectivity index (χ2v) is 6.94. The second kappa shape index (κ2) is 9.40. The molecule has 1 N–H and O–H groups in total. The lowest BCUT2D eigenvalue weighted by Gasteiger charge is -2.20. The van der Waals surface area contributed by atoms with E-state index in [2.05, 4.69) is 17.4 Å². The van der Waals surface area contributed by atoms with Gasteiger partial charge < -0.3 is 14.8 Å². The Morgan fingerprint density at radius 1 is 1.04 bits per heavy atom. The van der Waals surface area contributed by atoms with Gasteiger partial charge in [0.15, 0.2) is 6.10 Å². The highest BCUT2D eigenvalue weighted by atomic mass is 16.5. The zero-order valence-corrected chi connectivity index (χ0v) is 16.5. The van der Waals surface area contributed by atoms with Crippen LogP contribution in [0, 0.1) is 0 Å². The Morgan fingerprint density at radius 3 is 2.57 bits per heavy atom. The van der Waals surface area contributed by atoms with Crippen molar-refractivity contribution in [2.75, 3.05) is 11.9 Å². The summed E-state index contributed by atoms with van der Waals surface area (Å²) in [6.45, 7) is 3.98. The lowest BCUT2D eigenvalue weighted by molar-refractivity contribution is -0.122. The lowest BCUT2D eigenvalue weighted by atomic mass is 9.92. The Morgan fingerprint density at radius 2 is 1.82 bits per heavy atom. The second-order valence-electron chi connectivity index (χ2n) is 6.94. The summed E-state index contributed by atoms with van der Waals surface area (Å²) in [5, 5.41) is 2.84. The Kier molecular flexibility index (Phi) is 6.69. The minimum absolute atomic E-state index is 0.235. The van der Waals surface area contributed by atoms with Crippen molar-refractivity contribution in [1.29, 1.82) is 0 Å². The number of carbonyl (C=O) groups excluding carboxylic acids is 2. The van der Waals surface area contributed by atoms with Gasteiger partial charge in [-0.15, -0.1) is 0 Å². The van der Waals surface area contributed by atoms with E-state index in [4.69, 9.17) is 9.47 Å². The third-order valence-electron chi connectivity index (χ3n) is 4.90. The normalized spacial score (nSPS) is 13.9. The molecule has 28 heavy (non-hydrogen) atoms. The average molecular weight is 381 g/mol. The van der Waals surface area contributed by atoms with E-state index in [0.29, 0.717) is 24.3 Å². The van der Waals surface area contributed by atoms with Gasteiger partial charge in [0.1, 0.15) is 5.75 Å². The maximum atomic E-state index is 12.7. The lowest BCUT2D eigenvalue weighted by Crippen LogP contribution is -2.32. The van der Waals surface area contributed by atoms with E-state index in [1.54, 1.807) is 31.2 Å². The fraction of sp³-hybridized carbons (Fsp3) is 0.391. The van der Waals surface area contributed by atoms with Crippen LogP contribution in [0.15, 0.2) is 42.5 Å². The van der Waals surface area contributed by atoms with Gasteiger partial charge >= 0.3 is 5.97 Å². The number of hydrogen-bond donors (Lipinski definition) is 1. The monoisotopic (exact) mass is 381 g/mol. The zero-order chi connectivity index (χ0) is 19.9. The van der Waals surface area contributed by atoms with Gasteiger partial charge in [0, 0.05) is 5.69 Å². The molecule has 0 aromatic heterocycles. The minimum Gasteiger partial charge on any atom is -0.481 e. The van der Waals surface area contributed by atoms with Crippen LogP contribution in [0.25, 0.3) is 0 Å². The summed E-state index contributed by atoms with van der Waals surface area (Å²) in [4.78, 5) is 24.6. The molecule has 1 aliphatic carbocycles. The predicted octanol–water partition coefficient (Wildman–Crippen LogP) is 4.54. The first kappa shape index (κ1) is 19.9. The van der Waals surface area contributed by atoms with E-state index in [0.717, 1.165) is 18.6 Å². The number of carbonyl (C=O) groups is 2. The molecule has 0 saturated heterocycles. The summed E-state index contributed by atoms with van der Waals surface area (Å²) in [6, 6.07) is 12.8. The van der Waals surface area contributed by atoms with Crippen LogP contribution in [0.2, 0.25) is 0 Å². The molecule has 1 amide bonds. The quantitative estimate of drug-likeness (QED) is 0.715. The fourth-order valence-electron chi connectivity index (χ4n) is 3.43. The van der Waals surface area contributed by atoms with Crippen LogP contribution in [-0.4, -0.2) is 24.6 Å². The van der Waals surface area contributed by atoms with Crippen molar-refractivity contribution < 1.29 is 19.1 Å². The van der Waals surface area contributed by atoms with Crippen molar-refractivity contribution in [3.05, 3.63) is 59.2 Å². The van der Waals surface area contributed by atoms with Gasteiger partial charge in [-0.2, -0.15) is 0 Å². The molecule has 0 aliphatic heterocycles. The third kappa shape index (κ3) is 4.91. The van der Waals surface area contributed by atoms with Crippen molar-refractivity contribution in [3.63, 3.8) is 0 Å². The molecule has 1 atom stereocenters. The summed E-state index contributed by atoms with van der Waals surface area (Å²) in [5.74, 6) is 0.0834. The van der Waals surface area contributed by atoms with E-state index in [1.807, 2.05) is 13.0 Å². The molecular weight excluding hydrogens is 354 g/mol. The predicted molar refractivity (Wildman–Crippen MR) is 109 cm³/mol. The molecule has 5 heteroatoms. The molecular formula is C23H27NO4. The summed E-state index contributed by atoms with van der Waals surface area (Å²) in [7, 11) is 0. The van der Waals surface area contributed by atoms with Crippen LogP contribution < -0.4 is 10.1 Å². The number of fused-ring (bicyclic) bond motifs is 1. The maximum absolute atomic E-state index is 12.7. The van der Waals surface area contributed by atoms with Crippen LogP contribution in [-0.2, 0) is 22.4 Å². The van der Waals surface area contributed by atoms with Crippen LogP contribution in [0.5, 0.6) is 5.75 Å². The van der Waals surface area contributed by atoms with Crippen molar-refractivity contribution in [2.24, 2.45) is 0 Å². The van der Waals surface area contributed by atoms with Gasteiger partial charge in [-0.25, -0.2) is 4.79 Å². The molecule has 3 rings (SSSR count). The van der Waals surface area contributed by atoms with Gasteiger partial charge in [0.05, 0.1) is 12.2 Å². The first-order valence-electron chi connectivity index (χ1n) is 9.97. The third-order valence-corrected chi connectivity index (χ3v) is 4.90. The first-order chi connectivity index (χ1) is 13.6. The van der Waals surface area contributed by atoms with Crippen molar-refractivity contribution in [1.82, 2.24) is 0 Å². The van der Waals surface area contributed by atoms with E-state index in [-0.39, 0.29) is 5.91 Å². The molecule has 0 bridgehead atoms. The number of amides is 1. The van der Waals surface area contributed by atoms with E-state index < -0.39 is 12.1 Å². The molecule has 0 radical (unpaired) electrons. The van der Waals surface area contributed by atoms with Gasteiger partial charge in [0.25, 0.3) is 5.91 Å².